The van der Waals surface area contributed by atoms with Crippen LogP contribution in [0.3, 0.4) is 0 Å². The van der Waals surface area contributed by atoms with E-state index in [9.17, 15) is 9.59 Å². The minimum absolute atomic E-state index is 0.209. The number of ether oxygens (including phenoxy) is 1. The maximum absolute atomic E-state index is 12.7. The molecule has 4 nitrogen and oxygen atoms in total. The average Bonchev–Trinajstić information content (AvgIpc) is 2.90. The van der Waals surface area contributed by atoms with Gasteiger partial charge in [-0.05, 0) is 85.1 Å². The number of thioether (sulfide) groups is 1. The Morgan fingerprint density at radius 3 is 2.39 bits per heavy atom. The Morgan fingerprint density at radius 2 is 1.79 bits per heavy atom. The van der Waals surface area contributed by atoms with Gasteiger partial charge in [0.05, 0.1) is 20.4 Å². The Hall–Kier alpha value is -1.54. The molecule has 0 unspecified atom stereocenters. The third kappa shape index (κ3) is 4.89. The van der Waals surface area contributed by atoms with E-state index in [0.717, 1.165) is 31.8 Å². The van der Waals surface area contributed by atoms with Crippen LogP contribution in [-0.4, -0.2) is 22.7 Å². The molecule has 144 valence electrons. The van der Waals surface area contributed by atoms with E-state index in [1.165, 1.54) is 4.90 Å². The number of benzene rings is 2. The van der Waals surface area contributed by atoms with Crippen LogP contribution >= 0.6 is 55.2 Å². The molecule has 0 aliphatic carbocycles. The first-order valence-corrected chi connectivity index (χ1v) is 10.9. The van der Waals surface area contributed by atoms with E-state index < -0.39 is 0 Å². The smallest absolute Gasteiger partial charge is 0.293 e. The van der Waals surface area contributed by atoms with E-state index in [0.29, 0.717) is 22.3 Å². The van der Waals surface area contributed by atoms with Gasteiger partial charge in [-0.3, -0.25) is 14.5 Å². The molecule has 1 heterocycles. The van der Waals surface area contributed by atoms with E-state index in [4.69, 9.17) is 16.3 Å². The van der Waals surface area contributed by atoms with Gasteiger partial charge in [0.2, 0.25) is 0 Å². The molecular weight excluding hydrogens is 530 g/mol. The fraction of sp³-hybridized carbons (Fsp3) is 0.100. The lowest BCUT2D eigenvalue weighted by Gasteiger charge is -2.12. The Balaban J connectivity index is 1.81. The van der Waals surface area contributed by atoms with Gasteiger partial charge in [-0.15, -0.1) is 0 Å². The summed E-state index contributed by atoms with van der Waals surface area (Å²) in [5.74, 6) is 0.331. The molecule has 1 fully saturated rings. The monoisotopic (exact) mass is 541 g/mol. The van der Waals surface area contributed by atoms with Crippen LogP contribution < -0.4 is 4.74 Å². The zero-order valence-electron chi connectivity index (χ0n) is 14.5. The highest BCUT2D eigenvalue weighted by atomic mass is 79.9. The summed E-state index contributed by atoms with van der Waals surface area (Å²) < 4.78 is 7.06. The third-order valence-electron chi connectivity index (χ3n) is 3.79. The van der Waals surface area contributed by atoms with Crippen LogP contribution in [-0.2, 0) is 11.3 Å². The standard InChI is InChI=1S/C20H14Br2ClNO3S/c1-2-7-27-18-15(21)8-13(9-16(18)22)10-17-19(25)24(20(26)28-17)11-12-3-5-14(23)6-4-12/h2-6,8-10H,1,7,11H2/b17-10-. The van der Waals surface area contributed by atoms with Crippen LogP contribution in [0, 0.1) is 0 Å². The molecule has 2 aromatic carbocycles. The number of carbonyl (C=O) groups excluding carboxylic acids is 2. The second-order valence-electron chi connectivity index (χ2n) is 5.81. The summed E-state index contributed by atoms with van der Waals surface area (Å²) >= 11 is 13.7. The van der Waals surface area contributed by atoms with Crippen molar-refractivity contribution in [3.05, 3.63) is 79.1 Å². The Morgan fingerprint density at radius 1 is 1.14 bits per heavy atom. The van der Waals surface area contributed by atoms with Gasteiger partial charge < -0.3 is 4.74 Å². The first-order chi connectivity index (χ1) is 13.4. The number of amides is 2. The molecule has 0 bridgehead atoms. The molecule has 0 aromatic heterocycles. The SMILES string of the molecule is C=CCOc1c(Br)cc(/C=C2\SC(=O)N(Cc3ccc(Cl)cc3)C2=O)cc1Br. The molecule has 2 aromatic rings. The fourth-order valence-corrected chi connectivity index (χ4v) is 4.92. The van der Waals surface area contributed by atoms with Crippen LogP contribution in [0.1, 0.15) is 11.1 Å². The molecule has 0 spiro atoms. The van der Waals surface area contributed by atoms with Crippen LogP contribution in [0.15, 0.2) is 62.9 Å². The van der Waals surface area contributed by atoms with Crippen molar-refractivity contribution in [2.75, 3.05) is 6.61 Å². The van der Waals surface area contributed by atoms with Crippen molar-refractivity contribution in [1.29, 1.82) is 0 Å². The average molecular weight is 544 g/mol. The maximum atomic E-state index is 12.7. The number of carbonyl (C=O) groups is 2. The molecule has 0 atom stereocenters. The van der Waals surface area contributed by atoms with Crippen molar-refractivity contribution in [2.45, 2.75) is 6.54 Å². The molecule has 1 aliphatic heterocycles. The van der Waals surface area contributed by atoms with Gasteiger partial charge in [0, 0.05) is 5.02 Å². The number of hydrogen-bond donors (Lipinski definition) is 0. The molecule has 0 saturated carbocycles. The summed E-state index contributed by atoms with van der Waals surface area (Å²) in [4.78, 5) is 26.6. The van der Waals surface area contributed by atoms with Crippen molar-refractivity contribution in [3.63, 3.8) is 0 Å². The highest BCUT2D eigenvalue weighted by Crippen LogP contribution is 2.38. The Labute approximate surface area is 188 Å². The second kappa shape index (κ2) is 9.31. The molecule has 8 heteroatoms. The van der Waals surface area contributed by atoms with Gasteiger partial charge in [-0.25, -0.2) is 0 Å². The van der Waals surface area contributed by atoms with E-state index in [-0.39, 0.29) is 17.7 Å². The van der Waals surface area contributed by atoms with E-state index in [1.807, 2.05) is 12.1 Å². The molecule has 2 amide bonds. The predicted molar refractivity (Wildman–Crippen MR) is 121 cm³/mol. The van der Waals surface area contributed by atoms with Crippen molar-refractivity contribution in [1.82, 2.24) is 4.90 Å². The lowest BCUT2D eigenvalue weighted by atomic mass is 10.2. The second-order valence-corrected chi connectivity index (χ2v) is 8.95. The largest absolute Gasteiger partial charge is 0.487 e. The number of nitrogens with zero attached hydrogens (tertiary/aromatic N) is 1. The summed E-state index contributed by atoms with van der Waals surface area (Å²) in [5, 5.41) is 0.310. The van der Waals surface area contributed by atoms with E-state index in [2.05, 4.69) is 38.4 Å². The van der Waals surface area contributed by atoms with Crippen molar-refractivity contribution in [2.24, 2.45) is 0 Å². The Bertz CT molecular complexity index is 953. The normalized spacial score (nSPS) is 15.4. The Kier molecular flexibility index (Phi) is 7.04. The van der Waals surface area contributed by atoms with Crippen LogP contribution in [0.2, 0.25) is 5.02 Å². The maximum Gasteiger partial charge on any atom is 0.293 e. The van der Waals surface area contributed by atoms with Crippen molar-refractivity contribution in [3.8, 4) is 5.75 Å². The first kappa shape index (κ1) is 21.2. The summed E-state index contributed by atoms with van der Waals surface area (Å²) in [6.45, 7) is 4.21. The molecule has 28 heavy (non-hydrogen) atoms. The van der Waals surface area contributed by atoms with Gasteiger partial charge in [0.25, 0.3) is 11.1 Å². The number of halogens is 3. The summed E-state index contributed by atoms with van der Waals surface area (Å²) in [6, 6.07) is 10.7. The summed E-state index contributed by atoms with van der Waals surface area (Å²) in [7, 11) is 0. The lowest BCUT2D eigenvalue weighted by molar-refractivity contribution is -0.123. The number of imide groups is 1. The summed E-state index contributed by atoms with van der Waals surface area (Å²) in [5.41, 5.74) is 1.60. The molecule has 1 saturated heterocycles. The molecule has 3 rings (SSSR count). The van der Waals surface area contributed by atoms with E-state index in [1.54, 1.807) is 36.4 Å². The van der Waals surface area contributed by atoms with Gasteiger partial charge in [-0.1, -0.05) is 36.4 Å². The molecule has 0 N–H and O–H groups in total. The first-order valence-electron chi connectivity index (χ1n) is 8.11. The zero-order valence-corrected chi connectivity index (χ0v) is 19.2. The van der Waals surface area contributed by atoms with Crippen LogP contribution in [0.4, 0.5) is 4.79 Å². The van der Waals surface area contributed by atoms with Gasteiger partial charge in [0.15, 0.2) is 0 Å². The minimum Gasteiger partial charge on any atom is -0.487 e. The molecular formula is C20H14Br2ClNO3S. The number of rotatable bonds is 6. The quantitative estimate of drug-likeness (QED) is 0.302. The van der Waals surface area contributed by atoms with Gasteiger partial charge in [0.1, 0.15) is 12.4 Å². The van der Waals surface area contributed by atoms with Gasteiger partial charge >= 0.3 is 0 Å². The van der Waals surface area contributed by atoms with E-state index >= 15 is 0 Å². The fourth-order valence-electron chi connectivity index (χ4n) is 2.50. The highest BCUT2D eigenvalue weighted by molar-refractivity contribution is 9.11. The highest BCUT2D eigenvalue weighted by Gasteiger charge is 2.35. The van der Waals surface area contributed by atoms with Crippen molar-refractivity contribution < 1.29 is 14.3 Å². The lowest BCUT2D eigenvalue weighted by Crippen LogP contribution is -2.27. The molecule has 0 radical (unpaired) electrons. The topological polar surface area (TPSA) is 46.6 Å². The zero-order chi connectivity index (χ0) is 20.3. The van der Waals surface area contributed by atoms with Crippen LogP contribution in [0.5, 0.6) is 5.75 Å². The number of hydrogen-bond acceptors (Lipinski definition) is 4. The van der Waals surface area contributed by atoms with Gasteiger partial charge in [-0.2, -0.15) is 0 Å². The van der Waals surface area contributed by atoms with Crippen LogP contribution in [0.25, 0.3) is 6.08 Å². The third-order valence-corrected chi connectivity index (χ3v) is 6.13. The summed E-state index contributed by atoms with van der Waals surface area (Å²) in [6.07, 6.45) is 3.35. The predicted octanol–water partition coefficient (Wildman–Crippen LogP) is 6.67. The van der Waals surface area contributed by atoms with Crippen molar-refractivity contribution >= 4 is 72.4 Å². The minimum atomic E-state index is -0.316. The molecule has 1 aliphatic rings.